The summed E-state index contributed by atoms with van der Waals surface area (Å²) in [6.07, 6.45) is 0. The van der Waals surface area contributed by atoms with Gasteiger partial charge in [-0.1, -0.05) is 182 Å². The molecule has 0 bridgehead atoms. The van der Waals surface area contributed by atoms with E-state index in [9.17, 15) is 0 Å². The van der Waals surface area contributed by atoms with Crippen molar-refractivity contribution in [2.45, 2.75) is 0 Å². The second-order valence-electron chi connectivity index (χ2n) is 14.4. The number of hydrogen-bond acceptors (Lipinski definition) is 0. The summed E-state index contributed by atoms with van der Waals surface area (Å²) in [7, 11) is 0. The summed E-state index contributed by atoms with van der Waals surface area (Å²) < 4.78 is 0. The average molecular weight is 683 g/mol. The molecule has 0 amide bonds. The van der Waals surface area contributed by atoms with Gasteiger partial charge in [-0.2, -0.15) is 0 Å². The smallest absolute Gasteiger partial charge is 0.00261 e. The van der Waals surface area contributed by atoms with Crippen LogP contribution in [0.2, 0.25) is 0 Å². The molecule has 0 aliphatic carbocycles. The van der Waals surface area contributed by atoms with E-state index in [1.165, 1.54) is 109 Å². The molecule has 0 N–H and O–H groups in total. The molecular formula is C54H34. The fourth-order valence-corrected chi connectivity index (χ4v) is 8.90. The molecule has 0 unspecified atom stereocenters. The van der Waals surface area contributed by atoms with Crippen LogP contribution in [0.3, 0.4) is 0 Å². The Labute approximate surface area is 314 Å². The Morgan fingerprint density at radius 3 is 1.11 bits per heavy atom. The molecule has 11 aromatic rings. The normalized spacial score (nSPS) is 11.7. The maximum atomic E-state index is 2.43. The third-order valence-corrected chi connectivity index (χ3v) is 11.4. The molecule has 0 fully saturated rings. The van der Waals surface area contributed by atoms with E-state index < -0.39 is 0 Å². The molecule has 11 aromatic carbocycles. The first-order valence-electron chi connectivity index (χ1n) is 18.8. The quantitative estimate of drug-likeness (QED) is 0.128. The monoisotopic (exact) mass is 682 g/mol. The lowest BCUT2D eigenvalue weighted by molar-refractivity contribution is 1.60. The van der Waals surface area contributed by atoms with Gasteiger partial charge in [-0.05, 0) is 133 Å². The van der Waals surface area contributed by atoms with Crippen molar-refractivity contribution in [1.82, 2.24) is 0 Å². The van der Waals surface area contributed by atoms with Gasteiger partial charge in [0.15, 0.2) is 0 Å². The Morgan fingerprint density at radius 1 is 0.167 bits per heavy atom. The largest absolute Gasteiger partial charge is 0.0622 e. The van der Waals surface area contributed by atoms with Crippen LogP contribution in [0.1, 0.15) is 0 Å². The average Bonchev–Trinajstić information content (AvgIpc) is 3.25. The molecule has 0 saturated heterocycles. The predicted molar refractivity (Wildman–Crippen MR) is 233 cm³/mol. The van der Waals surface area contributed by atoms with Crippen molar-refractivity contribution in [3.8, 4) is 44.5 Å². The van der Waals surface area contributed by atoms with Gasteiger partial charge in [-0.3, -0.25) is 0 Å². The first-order chi connectivity index (χ1) is 26.8. The SMILES string of the molecule is c1ccc(-c2cccc(-c3ccc4ccc(-c5c6ccccc6c(-c6ccc7c8ccccc8c8ccccc8c7c6)c6ccccc56)cc4c3)c2)cc1. The molecular weight excluding hydrogens is 649 g/mol. The molecule has 0 heterocycles. The summed E-state index contributed by atoms with van der Waals surface area (Å²) in [5.41, 5.74) is 9.93. The lowest BCUT2D eigenvalue weighted by atomic mass is 9.84. The molecule has 0 saturated carbocycles. The van der Waals surface area contributed by atoms with Gasteiger partial charge in [0.2, 0.25) is 0 Å². The minimum Gasteiger partial charge on any atom is -0.0622 e. The van der Waals surface area contributed by atoms with Crippen molar-refractivity contribution in [1.29, 1.82) is 0 Å². The van der Waals surface area contributed by atoms with Crippen LogP contribution in [0.4, 0.5) is 0 Å². The van der Waals surface area contributed by atoms with Crippen LogP contribution in [0.25, 0.3) is 109 Å². The van der Waals surface area contributed by atoms with E-state index >= 15 is 0 Å². The van der Waals surface area contributed by atoms with Gasteiger partial charge < -0.3 is 0 Å². The van der Waals surface area contributed by atoms with Crippen LogP contribution in [-0.4, -0.2) is 0 Å². The summed E-state index contributed by atoms with van der Waals surface area (Å²) in [5.74, 6) is 0. The summed E-state index contributed by atoms with van der Waals surface area (Å²) >= 11 is 0. The van der Waals surface area contributed by atoms with Crippen LogP contribution in [-0.2, 0) is 0 Å². The highest BCUT2D eigenvalue weighted by Crippen LogP contribution is 2.46. The van der Waals surface area contributed by atoms with E-state index in [0.29, 0.717) is 0 Å². The first-order valence-corrected chi connectivity index (χ1v) is 18.8. The van der Waals surface area contributed by atoms with Crippen LogP contribution in [0.5, 0.6) is 0 Å². The van der Waals surface area contributed by atoms with E-state index in [2.05, 4.69) is 206 Å². The highest BCUT2D eigenvalue weighted by molar-refractivity contribution is 6.27. The number of fused-ring (bicyclic) bond motifs is 9. The Kier molecular flexibility index (Phi) is 6.97. The Balaban J connectivity index is 1.11. The zero-order valence-electron chi connectivity index (χ0n) is 29.6. The maximum Gasteiger partial charge on any atom is -0.00261 e. The highest BCUT2D eigenvalue weighted by atomic mass is 14.2. The van der Waals surface area contributed by atoms with E-state index in [1.54, 1.807) is 0 Å². The van der Waals surface area contributed by atoms with E-state index in [0.717, 1.165) is 0 Å². The number of rotatable bonds is 4. The minimum atomic E-state index is 1.22. The summed E-state index contributed by atoms with van der Waals surface area (Å²) in [5, 5.41) is 15.3. The third-order valence-electron chi connectivity index (χ3n) is 11.4. The summed E-state index contributed by atoms with van der Waals surface area (Å²) in [4.78, 5) is 0. The topological polar surface area (TPSA) is 0 Å². The van der Waals surface area contributed by atoms with E-state index in [1.807, 2.05) is 0 Å². The van der Waals surface area contributed by atoms with Crippen LogP contribution in [0, 0.1) is 0 Å². The van der Waals surface area contributed by atoms with Crippen LogP contribution < -0.4 is 0 Å². The second-order valence-corrected chi connectivity index (χ2v) is 14.4. The molecule has 0 atom stereocenters. The molecule has 250 valence electrons. The zero-order valence-corrected chi connectivity index (χ0v) is 29.6. The first kappa shape index (κ1) is 30.6. The van der Waals surface area contributed by atoms with Gasteiger partial charge in [0.05, 0.1) is 0 Å². The molecule has 54 heavy (non-hydrogen) atoms. The predicted octanol–water partition coefficient (Wildman–Crippen LogP) is 15.3. The lowest BCUT2D eigenvalue weighted by Crippen LogP contribution is -1.91. The molecule has 0 aliphatic rings. The maximum absolute atomic E-state index is 2.43. The number of benzene rings is 11. The van der Waals surface area contributed by atoms with Crippen LogP contribution in [0.15, 0.2) is 206 Å². The fourth-order valence-electron chi connectivity index (χ4n) is 8.90. The molecule has 0 aromatic heterocycles. The van der Waals surface area contributed by atoms with Crippen molar-refractivity contribution in [2.24, 2.45) is 0 Å². The van der Waals surface area contributed by atoms with Gasteiger partial charge >= 0.3 is 0 Å². The van der Waals surface area contributed by atoms with E-state index in [4.69, 9.17) is 0 Å². The van der Waals surface area contributed by atoms with Crippen molar-refractivity contribution in [3.63, 3.8) is 0 Å². The van der Waals surface area contributed by atoms with Crippen molar-refractivity contribution in [2.75, 3.05) is 0 Å². The van der Waals surface area contributed by atoms with Crippen molar-refractivity contribution < 1.29 is 0 Å². The summed E-state index contributed by atoms with van der Waals surface area (Å²) in [6, 6.07) is 76.1. The second kappa shape index (κ2) is 12.3. The fraction of sp³-hybridized carbons (Fsp3) is 0. The van der Waals surface area contributed by atoms with Gasteiger partial charge in [0.1, 0.15) is 0 Å². The minimum absolute atomic E-state index is 1.22. The van der Waals surface area contributed by atoms with Gasteiger partial charge in [0, 0.05) is 0 Å². The molecule has 0 heteroatoms. The van der Waals surface area contributed by atoms with Gasteiger partial charge in [-0.15, -0.1) is 0 Å². The Bertz CT molecular complexity index is 3170. The molecule has 11 rings (SSSR count). The number of hydrogen-bond donors (Lipinski definition) is 0. The van der Waals surface area contributed by atoms with Gasteiger partial charge in [-0.25, -0.2) is 0 Å². The lowest BCUT2D eigenvalue weighted by Gasteiger charge is -2.19. The zero-order chi connectivity index (χ0) is 35.6. The van der Waals surface area contributed by atoms with Crippen molar-refractivity contribution in [3.05, 3.63) is 206 Å². The van der Waals surface area contributed by atoms with Crippen LogP contribution >= 0.6 is 0 Å². The summed E-state index contributed by atoms with van der Waals surface area (Å²) in [6.45, 7) is 0. The Hall–Kier alpha value is -7.02. The molecule has 0 spiro atoms. The Morgan fingerprint density at radius 2 is 0.537 bits per heavy atom. The van der Waals surface area contributed by atoms with Crippen molar-refractivity contribution >= 4 is 64.6 Å². The molecule has 0 nitrogen and oxygen atoms in total. The van der Waals surface area contributed by atoms with Gasteiger partial charge in [0.25, 0.3) is 0 Å². The standard InChI is InChI=1S/C54H34/c1-2-13-35(14-3-1)37-15-12-16-38(31-37)39-27-25-36-26-28-40(33-42(36)32-39)53-48-21-8-10-23-50(48)54(51-24-11-9-22-49(51)53)41-29-30-47-45-19-5-4-17-43(45)44-18-6-7-20-46(44)52(47)34-41/h1-34H. The third kappa shape index (κ3) is 4.85. The molecule has 0 aliphatic heterocycles. The van der Waals surface area contributed by atoms with E-state index in [-0.39, 0.29) is 0 Å². The highest BCUT2D eigenvalue weighted by Gasteiger charge is 2.18. The molecule has 0 radical (unpaired) electrons.